The summed E-state index contributed by atoms with van der Waals surface area (Å²) in [7, 11) is 1.72. The van der Waals surface area contributed by atoms with E-state index in [2.05, 4.69) is 10.6 Å². The summed E-state index contributed by atoms with van der Waals surface area (Å²) in [5, 5.41) is 5.65. The molecule has 3 amide bonds. The van der Waals surface area contributed by atoms with Crippen LogP contribution in [0.1, 0.15) is 19.4 Å². The lowest BCUT2D eigenvalue weighted by atomic mass is 9.93. The third-order valence-electron chi connectivity index (χ3n) is 4.59. The molecule has 0 spiro atoms. The van der Waals surface area contributed by atoms with Gasteiger partial charge in [-0.3, -0.25) is 4.79 Å². The van der Waals surface area contributed by atoms with Crippen LogP contribution in [-0.4, -0.2) is 32.1 Å². The third-order valence-corrected chi connectivity index (χ3v) is 4.59. The van der Waals surface area contributed by atoms with Crippen LogP contribution in [0.15, 0.2) is 48.5 Å². The van der Waals surface area contributed by atoms with E-state index >= 15 is 0 Å². The van der Waals surface area contributed by atoms with Crippen LogP contribution in [0.2, 0.25) is 0 Å². The topological polar surface area (TPSA) is 70.7 Å². The Morgan fingerprint density at radius 1 is 1.19 bits per heavy atom. The van der Waals surface area contributed by atoms with Crippen molar-refractivity contribution in [3.63, 3.8) is 0 Å². The van der Waals surface area contributed by atoms with Gasteiger partial charge in [-0.25, -0.2) is 4.79 Å². The van der Waals surface area contributed by atoms with E-state index in [1.807, 2.05) is 44.2 Å². The Bertz CT molecular complexity index is 834. The van der Waals surface area contributed by atoms with Crippen LogP contribution in [0.4, 0.5) is 16.2 Å². The molecule has 0 fully saturated rings. The van der Waals surface area contributed by atoms with E-state index in [-0.39, 0.29) is 11.9 Å². The number of hydrogen-bond donors (Lipinski definition) is 2. The number of carbonyl (C=O) groups is 2. The van der Waals surface area contributed by atoms with Crippen molar-refractivity contribution < 1.29 is 14.3 Å². The Kier molecular flexibility index (Phi) is 5.35. The Balaban J connectivity index is 1.62. The Morgan fingerprint density at radius 3 is 2.67 bits per heavy atom. The number of amides is 3. The summed E-state index contributed by atoms with van der Waals surface area (Å²) in [5.74, 6) is 0.608. The zero-order chi connectivity index (χ0) is 19.4. The molecule has 142 valence electrons. The maximum absolute atomic E-state index is 12.6. The molecule has 0 saturated heterocycles. The molecule has 6 nitrogen and oxygen atoms in total. The first-order chi connectivity index (χ1) is 12.9. The summed E-state index contributed by atoms with van der Waals surface area (Å²) in [6.07, 6.45) is 0.763. The van der Waals surface area contributed by atoms with E-state index < -0.39 is 5.41 Å². The number of nitrogens with one attached hydrogen (secondary N) is 2. The van der Waals surface area contributed by atoms with Crippen LogP contribution in [-0.2, 0) is 11.2 Å². The molecule has 2 aromatic carbocycles. The largest absolute Gasteiger partial charge is 0.490 e. The third kappa shape index (κ3) is 4.39. The zero-order valence-corrected chi connectivity index (χ0v) is 15.9. The van der Waals surface area contributed by atoms with E-state index in [1.165, 1.54) is 5.56 Å². The number of ether oxygens (including phenoxy) is 1. The van der Waals surface area contributed by atoms with Crippen molar-refractivity contribution in [1.82, 2.24) is 5.32 Å². The zero-order valence-electron chi connectivity index (χ0n) is 15.9. The van der Waals surface area contributed by atoms with Gasteiger partial charge in [0.1, 0.15) is 12.4 Å². The van der Waals surface area contributed by atoms with Gasteiger partial charge >= 0.3 is 6.03 Å². The highest BCUT2D eigenvalue weighted by atomic mass is 16.5. The summed E-state index contributed by atoms with van der Waals surface area (Å²) in [4.78, 5) is 26.3. The molecule has 3 rings (SSSR count). The number of rotatable bonds is 4. The summed E-state index contributed by atoms with van der Waals surface area (Å²) < 4.78 is 5.79. The second kappa shape index (κ2) is 7.70. The van der Waals surface area contributed by atoms with Crippen molar-refractivity contribution in [2.45, 2.75) is 20.3 Å². The molecule has 2 N–H and O–H groups in total. The lowest BCUT2D eigenvalue weighted by Gasteiger charge is -2.24. The maximum atomic E-state index is 12.6. The quantitative estimate of drug-likeness (QED) is 0.870. The van der Waals surface area contributed by atoms with Crippen molar-refractivity contribution in [3.8, 4) is 5.75 Å². The molecule has 0 aliphatic carbocycles. The number of fused-ring (bicyclic) bond motifs is 1. The number of anilines is 2. The molecule has 0 saturated carbocycles. The Morgan fingerprint density at radius 2 is 1.93 bits per heavy atom. The van der Waals surface area contributed by atoms with Gasteiger partial charge in [0.25, 0.3) is 0 Å². The smallest absolute Gasteiger partial charge is 0.319 e. The highest BCUT2D eigenvalue weighted by molar-refractivity contribution is 6.00. The summed E-state index contributed by atoms with van der Waals surface area (Å²) >= 11 is 0. The van der Waals surface area contributed by atoms with Gasteiger partial charge in [-0.1, -0.05) is 30.3 Å². The second-order valence-electron chi connectivity index (χ2n) is 7.34. The van der Waals surface area contributed by atoms with Gasteiger partial charge in [0, 0.05) is 19.3 Å². The highest BCUT2D eigenvalue weighted by Gasteiger charge is 2.36. The Labute approximate surface area is 159 Å². The number of nitrogens with zero attached hydrogens (tertiary/aromatic N) is 1. The minimum atomic E-state index is -0.601. The number of benzene rings is 2. The molecular formula is C21H25N3O3. The van der Waals surface area contributed by atoms with Gasteiger partial charge in [0.2, 0.25) is 5.91 Å². The minimum absolute atomic E-state index is 0.0225. The average molecular weight is 367 g/mol. The van der Waals surface area contributed by atoms with E-state index in [1.54, 1.807) is 30.1 Å². The van der Waals surface area contributed by atoms with Crippen LogP contribution in [0.25, 0.3) is 0 Å². The molecule has 6 heteroatoms. The lowest BCUT2D eigenvalue weighted by Crippen LogP contribution is -2.39. The molecular weight excluding hydrogens is 342 g/mol. The SMILES string of the molecule is CN1C(=O)C(C)(C)COc2ccc(NC(=O)NCCc3ccccc3)cc21. The first-order valence-electron chi connectivity index (χ1n) is 9.00. The fraction of sp³-hybridized carbons (Fsp3) is 0.333. The number of hydrogen-bond acceptors (Lipinski definition) is 3. The monoisotopic (exact) mass is 367 g/mol. The summed E-state index contributed by atoms with van der Waals surface area (Å²) in [5.41, 5.74) is 1.82. The molecule has 0 unspecified atom stereocenters. The van der Waals surface area contributed by atoms with Gasteiger partial charge < -0.3 is 20.3 Å². The molecule has 0 bridgehead atoms. The van der Waals surface area contributed by atoms with E-state index in [0.29, 0.717) is 30.3 Å². The van der Waals surface area contributed by atoms with Gasteiger partial charge in [0.15, 0.2) is 0 Å². The van der Waals surface area contributed by atoms with Crippen LogP contribution in [0.5, 0.6) is 5.75 Å². The summed E-state index contributed by atoms with van der Waals surface area (Å²) in [6, 6.07) is 15.0. The molecule has 0 aromatic heterocycles. The van der Waals surface area contributed by atoms with Crippen molar-refractivity contribution in [3.05, 3.63) is 54.1 Å². The van der Waals surface area contributed by atoms with E-state index in [9.17, 15) is 9.59 Å². The first-order valence-corrected chi connectivity index (χ1v) is 9.00. The second-order valence-corrected chi connectivity index (χ2v) is 7.34. The fourth-order valence-corrected chi connectivity index (χ4v) is 3.00. The lowest BCUT2D eigenvalue weighted by molar-refractivity contribution is -0.127. The van der Waals surface area contributed by atoms with Crippen molar-refractivity contribution in [2.24, 2.45) is 5.41 Å². The normalized spacial score (nSPS) is 15.4. The molecule has 0 radical (unpaired) electrons. The van der Waals surface area contributed by atoms with E-state index in [4.69, 9.17) is 4.74 Å². The van der Waals surface area contributed by atoms with Crippen molar-refractivity contribution >= 4 is 23.3 Å². The predicted molar refractivity (Wildman–Crippen MR) is 106 cm³/mol. The van der Waals surface area contributed by atoms with Crippen molar-refractivity contribution in [2.75, 3.05) is 30.4 Å². The van der Waals surface area contributed by atoms with Crippen LogP contribution in [0, 0.1) is 5.41 Å². The van der Waals surface area contributed by atoms with Crippen molar-refractivity contribution in [1.29, 1.82) is 0 Å². The van der Waals surface area contributed by atoms with E-state index in [0.717, 1.165) is 6.42 Å². The van der Waals surface area contributed by atoms with Gasteiger partial charge in [0.05, 0.1) is 11.1 Å². The standard InChI is InChI=1S/C21H25N3O3/c1-21(2)14-27-18-10-9-16(13-17(18)24(3)19(21)25)23-20(26)22-12-11-15-7-5-4-6-8-15/h4-10,13H,11-12,14H2,1-3H3,(H2,22,23,26). The molecule has 2 aromatic rings. The Hall–Kier alpha value is -3.02. The highest BCUT2D eigenvalue weighted by Crippen LogP contribution is 2.37. The van der Waals surface area contributed by atoms with Gasteiger partial charge in [-0.15, -0.1) is 0 Å². The van der Waals surface area contributed by atoms with Gasteiger partial charge in [-0.2, -0.15) is 0 Å². The van der Waals surface area contributed by atoms with Crippen LogP contribution >= 0.6 is 0 Å². The number of carbonyl (C=O) groups excluding carboxylic acids is 2. The minimum Gasteiger partial charge on any atom is -0.490 e. The first kappa shape index (κ1) is 18.8. The predicted octanol–water partition coefficient (Wildman–Crippen LogP) is 3.43. The van der Waals surface area contributed by atoms with Gasteiger partial charge in [-0.05, 0) is 44.0 Å². The average Bonchev–Trinajstić information content (AvgIpc) is 2.73. The fourth-order valence-electron chi connectivity index (χ4n) is 3.00. The van der Waals surface area contributed by atoms with Crippen LogP contribution < -0.4 is 20.3 Å². The molecule has 1 aliphatic rings. The maximum Gasteiger partial charge on any atom is 0.319 e. The summed E-state index contributed by atoms with van der Waals surface area (Å²) in [6.45, 7) is 4.57. The molecule has 1 heterocycles. The molecule has 1 aliphatic heterocycles. The molecule has 0 atom stereocenters. The number of urea groups is 1. The molecule has 27 heavy (non-hydrogen) atoms. The van der Waals surface area contributed by atoms with Crippen LogP contribution in [0.3, 0.4) is 0 Å².